The highest BCUT2D eigenvalue weighted by atomic mass is 32.1. The van der Waals surface area contributed by atoms with E-state index in [1.165, 1.54) is 0 Å². The molecule has 0 atom stereocenters. The lowest BCUT2D eigenvalue weighted by molar-refractivity contribution is 0.0313. The Morgan fingerprint density at radius 2 is 2.16 bits per heavy atom. The van der Waals surface area contributed by atoms with Gasteiger partial charge in [-0.15, -0.1) is 11.3 Å². The summed E-state index contributed by atoms with van der Waals surface area (Å²) < 4.78 is 10.9. The summed E-state index contributed by atoms with van der Waals surface area (Å²) in [6.45, 7) is 8.76. The number of amides is 1. The van der Waals surface area contributed by atoms with Crippen LogP contribution in [0.3, 0.4) is 0 Å². The molecule has 1 aliphatic rings. The van der Waals surface area contributed by atoms with Gasteiger partial charge in [0.05, 0.1) is 42.6 Å². The van der Waals surface area contributed by atoms with Gasteiger partial charge in [0.2, 0.25) is 0 Å². The molecule has 1 aliphatic heterocycles. The molecule has 6 nitrogen and oxygen atoms in total. The fourth-order valence-electron chi connectivity index (χ4n) is 2.75. The number of carbonyl (C=O) groups is 1. The third-order valence-electron chi connectivity index (χ3n) is 4.19. The number of aromatic nitrogens is 1. The number of furan rings is 1. The minimum Gasteiger partial charge on any atom is -0.467 e. The van der Waals surface area contributed by atoms with Gasteiger partial charge in [0.15, 0.2) is 0 Å². The number of morpholine rings is 1. The van der Waals surface area contributed by atoms with Crippen molar-refractivity contribution in [2.24, 2.45) is 0 Å². The summed E-state index contributed by atoms with van der Waals surface area (Å²) in [5.41, 5.74) is 1.52. The van der Waals surface area contributed by atoms with Crippen LogP contribution in [0.1, 0.15) is 46.6 Å². The maximum absolute atomic E-state index is 12.6. The molecular formula is C18H25N3O3S. The summed E-state index contributed by atoms with van der Waals surface area (Å²) in [5, 5.41) is 3.13. The molecule has 2 aromatic rings. The molecule has 7 heteroatoms. The highest BCUT2D eigenvalue weighted by Crippen LogP contribution is 2.20. The molecule has 1 saturated heterocycles. The van der Waals surface area contributed by atoms with Crippen molar-refractivity contribution >= 4 is 17.2 Å². The molecule has 0 spiro atoms. The van der Waals surface area contributed by atoms with E-state index in [4.69, 9.17) is 9.15 Å². The standard InChI is InChI=1S/C18H25N3O3S/c1-13(2)17-19-15(12-25-17)9-20(3)18(22)14-8-16(24-11-14)10-21-4-6-23-7-5-21/h8,11-13H,4-7,9-10H2,1-3H3. The molecule has 0 unspecified atom stereocenters. The van der Waals surface area contributed by atoms with Crippen LogP contribution in [0, 0.1) is 0 Å². The van der Waals surface area contributed by atoms with Gasteiger partial charge in [0, 0.05) is 31.4 Å². The largest absolute Gasteiger partial charge is 0.467 e. The predicted octanol–water partition coefficient (Wildman–Crippen LogP) is 2.96. The van der Waals surface area contributed by atoms with Crippen molar-refractivity contribution in [2.45, 2.75) is 32.9 Å². The molecule has 0 radical (unpaired) electrons. The first-order chi connectivity index (χ1) is 12.0. The molecule has 0 N–H and O–H groups in total. The first-order valence-corrected chi connectivity index (χ1v) is 9.48. The number of thiazole rings is 1. The lowest BCUT2D eigenvalue weighted by Gasteiger charge is -2.25. The molecule has 25 heavy (non-hydrogen) atoms. The molecular weight excluding hydrogens is 338 g/mol. The Bertz CT molecular complexity index is 704. The second kappa shape index (κ2) is 8.12. The van der Waals surface area contributed by atoms with Crippen LogP contribution in [0.5, 0.6) is 0 Å². The van der Waals surface area contributed by atoms with Crippen LogP contribution >= 0.6 is 11.3 Å². The first-order valence-electron chi connectivity index (χ1n) is 8.60. The second-order valence-electron chi connectivity index (χ2n) is 6.68. The van der Waals surface area contributed by atoms with Gasteiger partial charge in [0.25, 0.3) is 5.91 Å². The summed E-state index contributed by atoms with van der Waals surface area (Å²) in [7, 11) is 1.80. The van der Waals surface area contributed by atoms with Crippen molar-refractivity contribution in [3.63, 3.8) is 0 Å². The van der Waals surface area contributed by atoms with Crippen molar-refractivity contribution in [1.82, 2.24) is 14.8 Å². The van der Waals surface area contributed by atoms with Crippen LogP contribution in [-0.4, -0.2) is 54.0 Å². The van der Waals surface area contributed by atoms with E-state index in [2.05, 4.69) is 23.7 Å². The summed E-state index contributed by atoms with van der Waals surface area (Å²) in [5.74, 6) is 1.18. The maximum atomic E-state index is 12.6. The third kappa shape index (κ3) is 4.68. The van der Waals surface area contributed by atoms with E-state index in [1.54, 1.807) is 29.5 Å². The van der Waals surface area contributed by atoms with Gasteiger partial charge in [-0.2, -0.15) is 0 Å². The van der Waals surface area contributed by atoms with Gasteiger partial charge in [0.1, 0.15) is 12.0 Å². The smallest absolute Gasteiger partial charge is 0.257 e. The van der Waals surface area contributed by atoms with Crippen LogP contribution in [0.4, 0.5) is 0 Å². The number of ether oxygens (including phenoxy) is 1. The van der Waals surface area contributed by atoms with Crippen LogP contribution < -0.4 is 0 Å². The molecule has 1 fully saturated rings. The molecule has 0 aromatic carbocycles. The normalized spacial score (nSPS) is 15.7. The molecule has 136 valence electrons. The van der Waals surface area contributed by atoms with E-state index < -0.39 is 0 Å². The van der Waals surface area contributed by atoms with Crippen LogP contribution in [-0.2, 0) is 17.8 Å². The second-order valence-corrected chi connectivity index (χ2v) is 7.57. The average Bonchev–Trinajstić information content (AvgIpc) is 3.25. The van der Waals surface area contributed by atoms with E-state index >= 15 is 0 Å². The topological polar surface area (TPSA) is 58.8 Å². The van der Waals surface area contributed by atoms with Crippen molar-refractivity contribution in [2.75, 3.05) is 33.4 Å². The highest BCUT2D eigenvalue weighted by molar-refractivity contribution is 7.09. The SMILES string of the molecule is CC(C)c1nc(CN(C)C(=O)c2coc(CN3CCOCC3)c2)cs1. The van der Waals surface area contributed by atoms with E-state index in [0.29, 0.717) is 24.6 Å². The molecule has 0 aliphatic carbocycles. The Morgan fingerprint density at radius 3 is 2.84 bits per heavy atom. The van der Waals surface area contributed by atoms with E-state index in [1.807, 2.05) is 11.4 Å². The lowest BCUT2D eigenvalue weighted by atomic mass is 10.2. The Kier molecular flexibility index (Phi) is 5.88. The Hall–Kier alpha value is -1.70. The summed E-state index contributed by atoms with van der Waals surface area (Å²) in [6, 6.07) is 1.84. The van der Waals surface area contributed by atoms with E-state index in [0.717, 1.165) is 42.8 Å². The zero-order chi connectivity index (χ0) is 17.8. The fraction of sp³-hybridized carbons (Fsp3) is 0.556. The first kappa shape index (κ1) is 18.1. The third-order valence-corrected chi connectivity index (χ3v) is 5.39. The van der Waals surface area contributed by atoms with E-state index in [9.17, 15) is 4.79 Å². The number of rotatable bonds is 6. The molecule has 3 rings (SSSR count). The number of hydrogen-bond donors (Lipinski definition) is 0. The van der Waals surface area contributed by atoms with Crippen LogP contribution in [0.2, 0.25) is 0 Å². The molecule has 1 amide bonds. The summed E-state index contributed by atoms with van der Waals surface area (Å²) in [6.07, 6.45) is 1.55. The van der Waals surface area contributed by atoms with Crippen LogP contribution in [0.15, 0.2) is 22.1 Å². The van der Waals surface area contributed by atoms with Crippen molar-refractivity contribution in [3.8, 4) is 0 Å². The minimum atomic E-state index is -0.0453. The van der Waals surface area contributed by atoms with Gasteiger partial charge < -0.3 is 14.1 Å². The molecule has 3 heterocycles. The van der Waals surface area contributed by atoms with Gasteiger partial charge >= 0.3 is 0 Å². The molecule has 0 saturated carbocycles. The average molecular weight is 363 g/mol. The Balaban J connectivity index is 1.58. The van der Waals surface area contributed by atoms with Gasteiger partial charge in [-0.25, -0.2) is 4.98 Å². The van der Waals surface area contributed by atoms with Gasteiger partial charge in [-0.1, -0.05) is 13.8 Å². The van der Waals surface area contributed by atoms with Crippen molar-refractivity contribution in [3.05, 3.63) is 39.7 Å². The lowest BCUT2D eigenvalue weighted by Crippen LogP contribution is -2.35. The number of nitrogens with zero attached hydrogens (tertiary/aromatic N) is 3. The predicted molar refractivity (Wildman–Crippen MR) is 96.8 cm³/mol. The summed E-state index contributed by atoms with van der Waals surface area (Å²) >= 11 is 1.65. The minimum absolute atomic E-state index is 0.0453. The zero-order valence-corrected chi connectivity index (χ0v) is 15.8. The van der Waals surface area contributed by atoms with Crippen LogP contribution in [0.25, 0.3) is 0 Å². The zero-order valence-electron chi connectivity index (χ0n) is 15.0. The molecule has 2 aromatic heterocycles. The number of hydrogen-bond acceptors (Lipinski definition) is 6. The van der Waals surface area contributed by atoms with Gasteiger partial charge in [-0.3, -0.25) is 9.69 Å². The monoisotopic (exact) mass is 363 g/mol. The van der Waals surface area contributed by atoms with E-state index in [-0.39, 0.29) is 5.91 Å². The maximum Gasteiger partial charge on any atom is 0.257 e. The number of carbonyl (C=O) groups excluding carboxylic acids is 1. The molecule has 0 bridgehead atoms. The Labute approximate surface area is 152 Å². The highest BCUT2D eigenvalue weighted by Gasteiger charge is 2.18. The van der Waals surface area contributed by atoms with Crippen molar-refractivity contribution < 1.29 is 13.9 Å². The fourth-order valence-corrected chi connectivity index (χ4v) is 3.58. The Morgan fingerprint density at radius 1 is 1.40 bits per heavy atom. The van der Waals surface area contributed by atoms with Crippen molar-refractivity contribution in [1.29, 1.82) is 0 Å². The van der Waals surface area contributed by atoms with Gasteiger partial charge in [-0.05, 0) is 6.07 Å². The summed E-state index contributed by atoms with van der Waals surface area (Å²) in [4.78, 5) is 21.1. The quantitative estimate of drug-likeness (QED) is 0.790.